The predicted octanol–water partition coefficient (Wildman–Crippen LogP) is 1.37. The Balaban J connectivity index is 1.77. The first-order valence-corrected chi connectivity index (χ1v) is 6.75. The highest BCUT2D eigenvalue weighted by Gasteiger charge is 2.17. The van der Waals surface area contributed by atoms with Gasteiger partial charge in [0.1, 0.15) is 0 Å². The van der Waals surface area contributed by atoms with Crippen LogP contribution in [0.3, 0.4) is 0 Å². The molecule has 3 N–H and O–H groups in total. The molecular formula is C15H18N2O4. The van der Waals surface area contributed by atoms with Crippen molar-refractivity contribution in [1.29, 1.82) is 0 Å². The van der Waals surface area contributed by atoms with Crippen LogP contribution in [0, 0.1) is 0 Å². The molecule has 6 nitrogen and oxygen atoms in total. The largest absolute Gasteiger partial charge is 0.478 e. The highest BCUT2D eigenvalue weighted by Crippen LogP contribution is 2.06. The zero-order chi connectivity index (χ0) is 15.1. The molecular weight excluding hydrogens is 272 g/mol. The zero-order valence-electron chi connectivity index (χ0n) is 11.5. The topological polar surface area (TPSA) is 87.7 Å². The van der Waals surface area contributed by atoms with Crippen LogP contribution in [-0.2, 0) is 16.1 Å². The first-order chi connectivity index (χ1) is 10.1. The summed E-state index contributed by atoms with van der Waals surface area (Å²) in [7, 11) is 0. The van der Waals surface area contributed by atoms with Crippen molar-refractivity contribution in [3.8, 4) is 0 Å². The van der Waals surface area contributed by atoms with Crippen molar-refractivity contribution in [3.05, 3.63) is 41.5 Å². The van der Waals surface area contributed by atoms with E-state index in [-0.39, 0.29) is 12.1 Å². The summed E-state index contributed by atoms with van der Waals surface area (Å²) in [5.41, 5.74) is 1.74. The van der Waals surface area contributed by atoms with Crippen LogP contribution < -0.4 is 10.6 Å². The van der Waals surface area contributed by atoms with Gasteiger partial charge >= 0.3 is 12.0 Å². The Hall–Kier alpha value is -2.34. The second-order valence-electron chi connectivity index (χ2n) is 4.80. The molecule has 1 heterocycles. The van der Waals surface area contributed by atoms with E-state index in [2.05, 4.69) is 10.6 Å². The molecule has 0 saturated carbocycles. The summed E-state index contributed by atoms with van der Waals surface area (Å²) < 4.78 is 5.18. The Labute approximate surface area is 122 Å². The summed E-state index contributed by atoms with van der Waals surface area (Å²) in [6.07, 6.45) is 3.45. The van der Waals surface area contributed by atoms with E-state index in [9.17, 15) is 9.59 Å². The van der Waals surface area contributed by atoms with E-state index in [0.717, 1.165) is 23.6 Å². The maximum atomic E-state index is 11.7. The molecule has 1 aromatic rings. The van der Waals surface area contributed by atoms with Crippen LogP contribution in [0.2, 0.25) is 0 Å². The van der Waals surface area contributed by atoms with Gasteiger partial charge in [0, 0.05) is 19.2 Å². The number of nitrogens with one attached hydrogen (secondary N) is 2. The zero-order valence-corrected chi connectivity index (χ0v) is 11.5. The van der Waals surface area contributed by atoms with Gasteiger partial charge in [-0.2, -0.15) is 0 Å². The number of rotatable bonds is 5. The van der Waals surface area contributed by atoms with Crippen molar-refractivity contribution >= 4 is 18.1 Å². The van der Waals surface area contributed by atoms with Crippen LogP contribution in [0.25, 0.3) is 6.08 Å². The minimum absolute atomic E-state index is 0.0912. The van der Waals surface area contributed by atoms with Crippen molar-refractivity contribution < 1.29 is 19.4 Å². The molecule has 1 aliphatic rings. The van der Waals surface area contributed by atoms with Gasteiger partial charge in [0.25, 0.3) is 0 Å². The van der Waals surface area contributed by atoms with Gasteiger partial charge in [-0.15, -0.1) is 0 Å². The summed E-state index contributed by atoms with van der Waals surface area (Å²) >= 11 is 0. The van der Waals surface area contributed by atoms with Crippen LogP contribution >= 0.6 is 0 Å². The molecule has 0 aliphatic carbocycles. The fourth-order valence-electron chi connectivity index (χ4n) is 1.98. The van der Waals surface area contributed by atoms with Crippen LogP contribution in [0.4, 0.5) is 4.79 Å². The molecule has 1 atom stereocenters. The number of carboxylic acids is 1. The number of carbonyl (C=O) groups excluding carboxylic acids is 1. The second-order valence-corrected chi connectivity index (χ2v) is 4.80. The van der Waals surface area contributed by atoms with Crippen molar-refractivity contribution in [2.75, 3.05) is 13.2 Å². The molecule has 0 bridgehead atoms. The molecule has 2 amide bonds. The van der Waals surface area contributed by atoms with Crippen LogP contribution in [0.1, 0.15) is 17.5 Å². The number of ether oxygens (including phenoxy) is 1. The van der Waals surface area contributed by atoms with Crippen LogP contribution in [0.15, 0.2) is 30.3 Å². The first-order valence-electron chi connectivity index (χ1n) is 6.75. The molecule has 0 aromatic heterocycles. The predicted molar refractivity (Wildman–Crippen MR) is 77.7 cm³/mol. The number of carbonyl (C=O) groups is 2. The molecule has 1 saturated heterocycles. The lowest BCUT2D eigenvalue weighted by Gasteiger charge is -2.11. The van der Waals surface area contributed by atoms with E-state index in [4.69, 9.17) is 9.84 Å². The summed E-state index contributed by atoms with van der Waals surface area (Å²) in [5.74, 6) is -0.978. The van der Waals surface area contributed by atoms with Crippen molar-refractivity contribution in [1.82, 2.24) is 10.6 Å². The van der Waals surface area contributed by atoms with Gasteiger partial charge in [0.15, 0.2) is 0 Å². The Morgan fingerprint density at radius 3 is 2.71 bits per heavy atom. The molecule has 1 aliphatic heterocycles. The normalized spacial score (nSPS) is 17.8. The van der Waals surface area contributed by atoms with Gasteiger partial charge in [-0.05, 0) is 23.6 Å². The van der Waals surface area contributed by atoms with Crippen molar-refractivity contribution in [3.63, 3.8) is 0 Å². The van der Waals surface area contributed by atoms with Gasteiger partial charge in [-0.1, -0.05) is 24.3 Å². The van der Waals surface area contributed by atoms with E-state index in [1.54, 1.807) is 12.1 Å². The van der Waals surface area contributed by atoms with Crippen LogP contribution in [0.5, 0.6) is 0 Å². The Kier molecular flexibility index (Phi) is 5.34. The van der Waals surface area contributed by atoms with Gasteiger partial charge < -0.3 is 20.5 Å². The lowest BCUT2D eigenvalue weighted by atomic mass is 10.1. The quantitative estimate of drug-likeness (QED) is 0.715. The molecule has 1 fully saturated rings. The lowest BCUT2D eigenvalue weighted by Crippen LogP contribution is -2.42. The summed E-state index contributed by atoms with van der Waals surface area (Å²) in [5, 5.41) is 14.2. The standard InChI is InChI=1S/C15H18N2O4/c18-14(19)6-5-11-1-3-12(4-2-11)9-16-15(20)17-13-7-8-21-10-13/h1-6,13H,7-10H2,(H,18,19)(H2,16,17,20)/b6-5+. The number of hydrogen-bond donors (Lipinski definition) is 3. The molecule has 21 heavy (non-hydrogen) atoms. The van der Waals surface area contributed by atoms with E-state index in [1.807, 2.05) is 12.1 Å². The van der Waals surface area contributed by atoms with Gasteiger partial charge in [0.05, 0.1) is 12.6 Å². The third-order valence-electron chi connectivity index (χ3n) is 3.12. The molecule has 0 radical (unpaired) electrons. The average Bonchev–Trinajstić information content (AvgIpc) is 2.97. The van der Waals surface area contributed by atoms with E-state index < -0.39 is 5.97 Å². The number of carboxylic acid groups (broad SMARTS) is 1. The van der Waals surface area contributed by atoms with Gasteiger partial charge in [-0.3, -0.25) is 0 Å². The van der Waals surface area contributed by atoms with Crippen LogP contribution in [-0.4, -0.2) is 36.4 Å². The maximum absolute atomic E-state index is 11.7. The molecule has 1 aromatic carbocycles. The number of benzene rings is 1. The van der Waals surface area contributed by atoms with E-state index in [1.165, 1.54) is 6.08 Å². The molecule has 6 heteroatoms. The fraction of sp³-hybridized carbons (Fsp3) is 0.333. The third-order valence-corrected chi connectivity index (χ3v) is 3.12. The first kappa shape index (κ1) is 15.1. The fourth-order valence-corrected chi connectivity index (χ4v) is 1.98. The Bertz CT molecular complexity index is 519. The molecule has 2 rings (SSSR count). The number of hydrogen-bond acceptors (Lipinski definition) is 3. The third kappa shape index (κ3) is 5.27. The van der Waals surface area contributed by atoms with E-state index >= 15 is 0 Å². The van der Waals surface area contributed by atoms with Crippen molar-refractivity contribution in [2.45, 2.75) is 19.0 Å². The Morgan fingerprint density at radius 2 is 2.10 bits per heavy atom. The minimum atomic E-state index is -0.978. The highest BCUT2D eigenvalue weighted by atomic mass is 16.5. The summed E-state index contributed by atoms with van der Waals surface area (Å²) in [6, 6.07) is 7.19. The molecule has 0 spiro atoms. The molecule has 1 unspecified atom stereocenters. The Morgan fingerprint density at radius 1 is 1.33 bits per heavy atom. The maximum Gasteiger partial charge on any atom is 0.328 e. The van der Waals surface area contributed by atoms with Gasteiger partial charge in [-0.25, -0.2) is 9.59 Å². The van der Waals surface area contributed by atoms with Gasteiger partial charge in [0.2, 0.25) is 0 Å². The smallest absolute Gasteiger partial charge is 0.328 e. The van der Waals surface area contributed by atoms with Crippen molar-refractivity contribution in [2.24, 2.45) is 0 Å². The second kappa shape index (κ2) is 7.44. The average molecular weight is 290 g/mol. The monoisotopic (exact) mass is 290 g/mol. The summed E-state index contributed by atoms with van der Waals surface area (Å²) in [6.45, 7) is 1.68. The SMILES string of the molecule is O=C(O)/C=C/c1ccc(CNC(=O)NC2CCOC2)cc1. The van der Waals surface area contributed by atoms with E-state index in [0.29, 0.717) is 19.8 Å². The number of amides is 2. The minimum Gasteiger partial charge on any atom is -0.478 e. The molecule has 112 valence electrons. The number of urea groups is 1. The highest BCUT2D eigenvalue weighted by molar-refractivity contribution is 5.85. The lowest BCUT2D eigenvalue weighted by molar-refractivity contribution is -0.131. The summed E-state index contributed by atoms with van der Waals surface area (Å²) in [4.78, 5) is 22.1. The number of aliphatic carboxylic acids is 1.